The second kappa shape index (κ2) is 129. The first kappa shape index (κ1) is 112. The SMILES string of the molecule is C=CC.C=CC.C=CC.C=CC.C=CC.OCC(O)CO.OCC(O)CO.OCC(O)CO.OCC(O)CO.OCC(O)CO.OCC(O)CO.OCC(O)CO.OCC(O)CO.OCC(O)CO.OCC(O)CO. The first-order valence-corrected chi connectivity index (χ1v) is 22.0. The van der Waals surface area contributed by atoms with Gasteiger partial charge in [0.15, 0.2) is 0 Å². The maximum atomic E-state index is 8.17. The number of aliphatic hydroxyl groups is 30. The Morgan fingerprint density at radius 3 is 0.200 bits per heavy atom. The molecule has 0 rings (SSSR count). The van der Waals surface area contributed by atoms with Gasteiger partial charge in [-0.3, -0.25) is 0 Å². The first-order chi connectivity index (χ1) is 35.2. The molecule has 0 aromatic carbocycles. The topological polar surface area (TPSA) is 607 Å². The number of aliphatic hydroxyl groups excluding tert-OH is 30. The van der Waals surface area contributed by atoms with E-state index in [4.69, 9.17) is 153 Å². The highest BCUT2D eigenvalue weighted by molar-refractivity contribution is 4.53. The lowest BCUT2D eigenvalue weighted by atomic mass is 10.4. The van der Waals surface area contributed by atoms with E-state index in [1.807, 2.05) is 34.6 Å². The Hall–Kier alpha value is -2.50. The Bertz CT molecular complexity index is 605. The summed E-state index contributed by atoms with van der Waals surface area (Å²) in [6.07, 6.45) is -0.787. The van der Waals surface area contributed by atoms with Crippen molar-refractivity contribution in [3.05, 3.63) is 63.3 Å². The number of hydrogen-bond donors (Lipinski definition) is 30. The van der Waals surface area contributed by atoms with Crippen molar-refractivity contribution in [2.45, 2.75) is 95.7 Å². The van der Waals surface area contributed by atoms with Crippen molar-refractivity contribution in [3.63, 3.8) is 0 Å². The van der Waals surface area contributed by atoms with Crippen molar-refractivity contribution in [2.24, 2.45) is 0 Å². The Kier molecular flexibility index (Phi) is 193. The van der Waals surface area contributed by atoms with Crippen LogP contribution >= 0.6 is 0 Å². The van der Waals surface area contributed by atoms with Crippen LogP contribution in [0.5, 0.6) is 0 Å². The summed E-state index contributed by atoms with van der Waals surface area (Å²) in [6, 6.07) is 0. The molecule has 0 aromatic rings. The third-order valence-corrected chi connectivity index (χ3v) is 4.21. The van der Waals surface area contributed by atoms with Gasteiger partial charge in [-0.2, -0.15) is 0 Å². The summed E-state index contributed by atoms with van der Waals surface area (Å²) in [6.45, 7) is 19.0. The minimum Gasteiger partial charge on any atom is -0.394 e. The first-order valence-electron chi connectivity index (χ1n) is 22.0. The molecule has 0 saturated heterocycles. The minimum absolute atomic E-state index is 0.365. The van der Waals surface area contributed by atoms with Gasteiger partial charge in [0.25, 0.3) is 0 Å². The predicted molar refractivity (Wildman–Crippen MR) is 281 cm³/mol. The van der Waals surface area contributed by atoms with E-state index >= 15 is 0 Å². The molecular formula is C45H110O30. The van der Waals surface area contributed by atoms with Gasteiger partial charge in [0.05, 0.1) is 132 Å². The van der Waals surface area contributed by atoms with E-state index in [0.29, 0.717) is 0 Å². The molecule has 75 heavy (non-hydrogen) atoms. The molecule has 0 radical (unpaired) electrons. The van der Waals surface area contributed by atoms with Crippen LogP contribution in [-0.2, 0) is 0 Å². The molecule has 0 saturated carbocycles. The fraction of sp³-hybridized carbons (Fsp3) is 0.778. The Morgan fingerprint density at radius 1 is 0.173 bits per heavy atom. The number of allylic oxidation sites excluding steroid dienone is 5. The molecule has 0 bridgehead atoms. The third kappa shape index (κ3) is 246. The molecule has 30 N–H and O–H groups in total. The van der Waals surface area contributed by atoms with Crippen LogP contribution in [-0.4, -0.2) is 346 Å². The van der Waals surface area contributed by atoms with Crippen molar-refractivity contribution < 1.29 is 153 Å². The smallest absolute Gasteiger partial charge is 0.100 e. The van der Waals surface area contributed by atoms with Gasteiger partial charge in [-0.1, -0.05) is 30.4 Å². The van der Waals surface area contributed by atoms with Crippen LogP contribution < -0.4 is 0 Å². The molecule has 0 aliphatic carbocycles. The van der Waals surface area contributed by atoms with E-state index in [-0.39, 0.29) is 132 Å². The molecule has 0 unspecified atom stereocenters. The van der Waals surface area contributed by atoms with Gasteiger partial charge >= 0.3 is 0 Å². The van der Waals surface area contributed by atoms with Crippen LogP contribution in [0.25, 0.3) is 0 Å². The van der Waals surface area contributed by atoms with E-state index < -0.39 is 61.0 Å². The lowest BCUT2D eigenvalue weighted by Gasteiger charge is -1.96. The van der Waals surface area contributed by atoms with Gasteiger partial charge in [0.2, 0.25) is 0 Å². The van der Waals surface area contributed by atoms with E-state index in [1.165, 1.54) is 0 Å². The summed E-state index contributed by atoms with van der Waals surface area (Å²) in [5.74, 6) is 0. The molecule has 30 heteroatoms. The minimum atomic E-state index is -0.954. The quantitative estimate of drug-likeness (QED) is 0.0503. The van der Waals surface area contributed by atoms with Crippen molar-refractivity contribution >= 4 is 0 Å². The van der Waals surface area contributed by atoms with Crippen LogP contribution in [0, 0.1) is 0 Å². The second-order valence-electron chi connectivity index (χ2n) is 12.2. The molecule has 30 nitrogen and oxygen atoms in total. The maximum Gasteiger partial charge on any atom is 0.100 e. The van der Waals surface area contributed by atoms with E-state index in [2.05, 4.69) is 32.9 Å². The highest BCUT2D eigenvalue weighted by Gasteiger charge is 1.98. The molecule has 0 heterocycles. The van der Waals surface area contributed by atoms with Gasteiger partial charge in [-0.25, -0.2) is 0 Å². The molecular weight excluding hydrogens is 1020 g/mol. The van der Waals surface area contributed by atoms with Crippen molar-refractivity contribution in [3.8, 4) is 0 Å². The van der Waals surface area contributed by atoms with Crippen LogP contribution in [0.2, 0.25) is 0 Å². The van der Waals surface area contributed by atoms with E-state index in [0.717, 1.165) is 0 Å². The fourth-order valence-electron chi connectivity index (χ4n) is 0.577. The summed E-state index contributed by atoms with van der Waals surface area (Å²) in [7, 11) is 0. The normalized spacial score (nSPS) is 8.87. The van der Waals surface area contributed by atoms with Crippen LogP contribution in [0.15, 0.2) is 63.3 Å². The van der Waals surface area contributed by atoms with Crippen molar-refractivity contribution in [1.29, 1.82) is 0 Å². The zero-order valence-electron chi connectivity index (χ0n) is 44.8. The Labute approximate surface area is 443 Å². The Morgan fingerprint density at radius 2 is 0.200 bits per heavy atom. The zero-order chi connectivity index (χ0) is 63.5. The fourth-order valence-corrected chi connectivity index (χ4v) is 0.577. The van der Waals surface area contributed by atoms with Gasteiger partial charge in [0, 0.05) is 0 Å². The lowest BCUT2D eigenvalue weighted by Crippen LogP contribution is -2.15. The summed E-state index contributed by atoms with van der Waals surface area (Å²) >= 11 is 0. The van der Waals surface area contributed by atoms with Gasteiger partial charge in [-0.15, -0.1) is 32.9 Å². The molecule has 0 aromatic heterocycles. The standard InChI is InChI=1S/10C3H8O3.5C3H6/c10*4-1-3(6)2-5;5*1-3-2/h10*3-6H,1-2H2;5*3H,1H2,2H3. The Balaban J connectivity index is -0.0000000399. The summed E-state index contributed by atoms with van der Waals surface area (Å²) in [5, 5.41) is 240. The van der Waals surface area contributed by atoms with Crippen LogP contribution in [0.3, 0.4) is 0 Å². The summed E-state index contributed by atoms with van der Waals surface area (Å²) in [5.41, 5.74) is 0. The number of hydrogen-bond acceptors (Lipinski definition) is 30. The van der Waals surface area contributed by atoms with Crippen LogP contribution in [0.1, 0.15) is 34.6 Å². The average molecular weight is 1130 g/mol. The molecule has 0 aliphatic rings. The highest BCUT2D eigenvalue weighted by Crippen LogP contribution is 1.76. The van der Waals surface area contributed by atoms with Gasteiger partial charge < -0.3 is 153 Å². The molecule has 470 valence electrons. The van der Waals surface area contributed by atoms with Crippen LogP contribution in [0.4, 0.5) is 0 Å². The van der Waals surface area contributed by atoms with E-state index in [9.17, 15) is 0 Å². The zero-order valence-corrected chi connectivity index (χ0v) is 44.8. The lowest BCUT2D eigenvalue weighted by molar-refractivity contribution is 0.0450. The monoisotopic (exact) mass is 1130 g/mol. The summed E-state index contributed by atoms with van der Waals surface area (Å²) < 4.78 is 0. The van der Waals surface area contributed by atoms with Crippen molar-refractivity contribution in [1.82, 2.24) is 0 Å². The molecule has 0 aliphatic heterocycles. The molecule has 0 spiro atoms. The average Bonchev–Trinajstić information content (AvgIpc) is 3.44. The van der Waals surface area contributed by atoms with E-state index in [1.54, 1.807) is 30.4 Å². The van der Waals surface area contributed by atoms with Gasteiger partial charge in [0.1, 0.15) is 61.0 Å². The van der Waals surface area contributed by atoms with Crippen molar-refractivity contribution in [2.75, 3.05) is 132 Å². The predicted octanol–water partition coefficient (Wildman–Crippen LogP) is -10.7. The van der Waals surface area contributed by atoms with Gasteiger partial charge in [-0.05, 0) is 34.6 Å². The highest BCUT2D eigenvalue weighted by atomic mass is 16.4. The largest absolute Gasteiger partial charge is 0.394 e. The molecule has 0 amide bonds. The maximum absolute atomic E-state index is 8.17. The third-order valence-electron chi connectivity index (χ3n) is 4.21. The molecule has 0 fully saturated rings. The number of rotatable bonds is 20. The summed E-state index contributed by atoms with van der Waals surface area (Å²) in [4.78, 5) is 0. The molecule has 0 atom stereocenters. The second-order valence-corrected chi connectivity index (χ2v) is 12.2.